The van der Waals surface area contributed by atoms with Crippen molar-refractivity contribution >= 4 is 23.4 Å². The van der Waals surface area contributed by atoms with Crippen LogP contribution in [0.1, 0.15) is 40.5 Å². The van der Waals surface area contributed by atoms with E-state index in [1.54, 1.807) is 23.1 Å². The van der Waals surface area contributed by atoms with E-state index in [0.717, 1.165) is 12.8 Å². The maximum absolute atomic E-state index is 14.0. The van der Waals surface area contributed by atoms with Crippen LogP contribution >= 0.6 is 11.6 Å². The van der Waals surface area contributed by atoms with Gasteiger partial charge in [-0.2, -0.15) is 0 Å². The van der Waals surface area contributed by atoms with Crippen LogP contribution in [0, 0.1) is 5.82 Å². The third kappa shape index (κ3) is 5.47. The summed E-state index contributed by atoms with van der Waals surface area (Å²) in [7, 11) is 1.54. The van der Waals surface area contributed by atoms with E-state index in [0.29, 0.717) is 54.9 Å². The van der Waals surface area contributed by atoms with Crippen LogP contribution in [0.4, 0.5) is 4.39 Å². The van der Waals surface area contributed by atoms with E-state index >= 15 is 0 Å². The standard InChI is InChI=1S/C23H26ClFN2O4/c1-3-4-13-31-20-8-5-16(14-21(20)30-2)22(28)26-9-11-27(12-10-26)23(29)18-15-17(24)6-7-19(18)25/h5-8,14-15H,3-4,9-13H2,1-2H3. The van der Waals surface area contributed by atoms with Gasteiger partial charge in [-0.15, -0.1) is 0 Å². The van der Waals surface area contributed by atoms with Crippen LogP contribution in [0.3, 0.4) is 0 Å². The van der Waals surface area contributed by atoms with Gasteiger partial charge >= 0.3 is 0 Å². The number of hydrogen-bond acceptors (Lipinski definition) is 4. The first kappa shape index (κ1) is 22.9. The Hall–Kier alpha value is -2.80. The van der Waals surface area contributed by atoms with Crippen molar-refractivity contribution in [1.29, 1.82) is 0 Å². The van der Waals surface area contributed by atoms with E-state index < -0.39 is 11.7 Å². The quantitative estimate of drug-likeness (QED) is 0.594. The molecule has 1 aliphatic heterocycles. The molecule has 0 unspecified atom stereocenters. The minimum Gasteiger partial charge on any atom is -0.493 e. The van der Waals surface area contributed by atoms with Crippen LogP contribution < -0.4 is 9.47 Å². The van der Waals surface area contributed by atoms with Gasteiger partial charge in [-0.1, -0.05) is 24.9 Å². The molecule has 1 fully saturated rings. The molecule has 166 valence electrons. The van der Waals surface area contributed by atoms with Crippen molar-refractivity contribution in [3.05, 3.63) is 58.4 Å². The second kappa shape index (κ2) is 10.5. The normalized spacial score (nSPS) is 13.8. The highest BCUT2D eigenvalue weighted by Gasteiger charge is 2.27. The summed E-state index contributed by atoms with van der Waals surface area (Å²) >= 11 is 5.89. The van der Waals surface area contributed by atoms with Crippen molar-refractivity contribution in [3.63, 3.8) is 0 Å². The topological polar surface area (TPSA) is 59.1 Å². The monoisotopic (exact) mass is 448 g/mol. The van der Waals surface area contributed by atoms with Gasteiger partial charge in [0.1, 0.15) is 5.82 Å². The van der Waals surface area contributed by atoms with E-state index in [2.05, 4.69) is 6.92 Å². The molecule has 1 heterocycles. The number of nitrogens with zero attached hydrogens (tertiary/aromatic N) is 2. The molecule has 3 rings (SSSR count). The maximum Gasteiger partial charge on any atom is 0.257 e. The Morgan fingerprint density at radius 3 is 2.32 bits per heavy atom. The molecular formula is C23H26ClFN2O4. The molecule has 2 aromatic rings. The predicted octanol–water partition coefficient (Wildman–Crippen LogP) is 4.26. The van der Waals surface area contributed by atoms with Crippen LogP contribution in [0.15, 0.2) is 36.4 Å². The lowest BCUT2D eigenvalue weighted by Crippen LogP contribution is -2.50. The molecule has 2 amide bonds. The van der Waals surface area contributed by atoms with Gasteiger partial charge in [-0.3, -0.25) is 9.59 Å². The predicted molar refractivity (Wildman–Crippen MR) is 117 cm³/mol. The SMILES string of the molecule is CCCCOc1ccc(C(=O)N2CCN(C(=O)c3cc(Cl)ccc3F)CC2)cc1OC. The highest BCUT2D eigenvalue weighted by molar-refractivity contribution is 6.31. The summed E-state index contributed by atoms with van der Waals surface area (Å²) in [5.74, 6) is -0.0818. The summed E-state index contributed by atoms with van der Waals surface area (Å²) in [6.45, 7) is 4.00. The van der Waals surface area contributed by atoms with Crippen molar-refractivity contribution in [2.75, 3.05) is 39.9 Å². The molecule has 8 heteroatoms. The number of ether oxygens (including phenoxy) is 2. The van der Waals surface area contributed by atoms with Crippen molar-refractivity contribution in [2.24, 2.45) is 0 Å². The number of benzene rings is 2. The largest absolute Gasteiger partial charge is 0.493 e. The van der Waals surface area contributed by atoms with E-state index in [-0.39, 0.29) is 11.5 Å². The van der Waals surface area contributed by atoms with Crippen LogP contribution in [-0.2, 0) is 0 Å². The van der Waals surface area contributed by atoms with Gasteiger partial charge in [0, 0.05) is 36.8 Å². The summed E-state index contributed by atoms with van der Waals surface area (Å²) in [4.78, 5) is 28.8. The highest BCUT2D eigenvalue weighted by Crippen LogP contribution is 2.29. The molecule has 0 bridgehead atoms. The second-order valence-electron chi connectivity index (χ2n) is 7.28. The smallest absolute Gasteiger partial charge is 0.257 e. The zero-order valence-corrected chi connectivity index (χ0v) is 18.5. The number of methoxy groups -OCH3 is 1. The van der Waals surface area contributed by atoms with E-state index in [9.17, 15) is 14.0 Å². The lowest BCUT2D eigenvalue weighted by Gasteiger charge is -2.35. The maximum atomic E-state index is 14.0. The van der Waals surface area contributed by atoms with Crippen LogP contribution in [0.5, 0.6) is 11.5 Å². The van der Waals surface area contributed by atoms with Crippen LogP contribution in [0.25, 0.3) is 0 Å². The van der Waals surface area contributed by atoms with Gasteiger partial charge in [-0.05, 0) is 42.8 Å². The molecule has 0 N–H and O–H groups in total. The molecule has 0 saturated carbocycles. The lowest BCUT2D eigenvalue weighted by molar-refractivity contribution is 0.0532. The number of hydrogen-bond donors (Lipinski definition) is 0. The van der Waals surface area contributed by atoms with E-state index in [1.165, 1.54) is 30.2 Å². The molecule has 0 aliphatic carbocycles. The first-order chi connectivity index (χ1) is 14.9. The Balaban J connectivity index is 1.63. The van der Waals surface area contributed by atoms with Crippen LogP contribution in [0.2, 0.25) is 5.02 Å². The molecule has 1 aliphatic rings. The van der Waals surface area contributed by atoms with Gasteiger partial charge in [-0.25, -0.2) is 4.39 Å². The molecule has 0 atom stereocenters. The molecule has 0 aromatic heterocycles. The fraction of sp³-hybridized carbons (Fsp3) is 0.391. The minimum absolute atomic E-state index is 0.0596. The molecular weight excluding hydrogens is 423 g/mol. The number of rotatable bonds is 7. The Bertz CT molecular complexity index is 945. The average molecular weight is 449 g/mol. The van der Waals surface area contributed by atoms with E-state index in [4.69, 9.17) is 21.1 Å². The average Bonchev–Trinajstić information content (AvgIpc) is 2.80. The number of piperazine rings is 1. The first-order valence-corrected chi connectivity index (χ1v) is 10.7. The molecule has 0 spiro atoms. The summed E-state index contributed by atoms with van der Waals surface area (Å²) in [6, 6.07) is 9.03. The Kier molecular flexibility index (Phi) is 7.74. The van der Waals surface area contributed by atoms with Crippen LogP contribution in [-0.4, -0.2) is 61.5 Å². The summed E-state index contributed by atoms with van der Waals surface area (Å²) in [6.07, 6.45) is 1.96. The number of carbonyl (C=O) groups excluding carboxylic acids is 2. The molecule has 0 radical (unpaired) electrons. The summed E-state index contributed by atoms with van der Waals surface area (Å²) < 4.78 is 25.1. The zero-order chi connectivity index (χ0) is 22.4. The zero-order valence-electron chi connectivity index (χ0n) is 17.7. The van der Waals surface area contributed by atoms with Gasteiger partial charge < -0.3 is 19.3 Å². The Labute approximate surface area is 186 Å². The van der Waals surface area contributed by atoms with Crippen molar-refractivity contribution in [2.45, 2.75) is 19.8 Å². The molecule has 6 nitrogen and oxygen atoms in total. The van der Waals surface area contributed by atoms with Crippen molar-refractivity contribution < 1.29 is 23.5 Å². The molecule has 1 saturated heterocycles. The van der Waals surface area contributed by atoms with Gasteiger partial charge in [0.25, 0.3) is 11.8 Å². The Morgan fingerprint density at radius 2 is 1.68 bits per heavy atom. The first-order valence-electron chi connectivity index (χ1n) is 10.3. The van der Waals surface area contributed by atoms with E-state index in [1.807, 2.05) is 0 Å². The Morgan fingerprint density at radius 1 is 1.00 bits per heavy atom. The number of unbranched alkanes of at least 4 members (excludes halogenated alkanes) is 1. The lowest BCUT2D eigenvalue weighted by atomic mass is 10.1. The number of amides is 2. The molecule has 2 aromatic carbocycles. The third-order valence-corrected chi connectivity index (χ3v) is 5.41. The van der Waals surface area contributed by atoms with Crippen molar-refractivity contribution in [1.82, 2.24) is 9.80 Å². The van der Waals surface area contributed by atoms with Gasteiger partial charge in [0.05, 0.1) is 19.3 Å². The highest BCUT2D eigenvalue weighted by atomic mass is 35.5. The number of carbonyl (C=O) groups is 2. The van der Waals surface area contributed by atoms with Gasteiger partial charge in [0.2, 0.25) is 0 Å². The minimum atomic E-state index is -0.610. The fourth-order valence-corrected chi connectivity index (χ4v) is 3.55. The summed E-state index contributed by atoms with van der Waals surface area (Å²) in [5, 5.41) is 0.301. The third-order valence-electron chi connectivity index (χ3n) is 5.18. The second-order valence-corrected chi connectivity index (χ2v) is 7.71. The number of halogens is 2. The summed E-state index contributed by atoms with van der Waals surface area (Å²) in [5.41, 5.74) is 0.427. The molecule has 31 heavy (non-hydrogen) atoms. The van der Waals surface area contributed by atoms with Gasteiger partial charge in [0.15, 0.2) is 11.5 Å². The van der Waals surface area contributed by atoms with Crippen molar-refractivity contribution in [3.8, 4) is 11.5 Å². The fourth-order valence-electron chi connectivity index (χ4n) is 3.37.